The molecule has 0 fully saturated rings. The molecule has 0 saturated heterocycles. The molecule has 0 aliphatic heterocycles. The number of carboxylic acid groups (broad SMARTS) is 1. The Morgan fingerprint density at radius 3 is 2.94 bits per heavy atom. The normalized spacial score (nSPS) is 10.3. The van der Waals surface area contributed by atoms with E-state index in [-0.39, 0.29) is 11.3 Å². The van der Waals surface area contributed by atoms with Crippen LogP contribution in [0.5, 0.6) is 0 Å². The fourth-order valence-electron chi connectivity index (χ4n) is 1.56. The van der Waals surface area contributed by atoms with Crippen LogP contribution in [0.1, 0.15) is 17.3 Å². The smallest absolute Gasteiger partial charge is 0.335 e. The van der Waals surface area contributed by atoms with Crippen LogP contribution in [-0.4, -0.2) is 20.6 Å². The second kappa shape index (κ2) is 4.87. The van der Waals surface area contributed by atoms with Gasteiger partial charge in [-0.2, -0.15) is 0 Å². The largest absolute Gasteiger partial charge is 0.478 e. The molecule has 0 saturated carbocycles. The van der Waals surface area contributed by atoms with Crippen LogP contribution >= 0.6 is 0 Å². The number of carboxylic acids is 1. The Labute approximate surface area is 103 Å². The number of benzene rings is 1. The summed E-state index contributed by atoms with van der Waals surface area (Å²) in [6.45, 7) is 2.65. The number of aromatic carboxylic acids is 1. The maximum absolute atomic E-state index is 13.7. The molecule has 1 aromatic heterocycles. The summed E-state index contributed by atoms with van der Waals surface area (Å²) in [6.07, 6.45) is 3.38. The lowest BCUT2D eigenvalue weighted by Crippen LogP contribution is -2.04. The standard InChI is InChI=1S/C12H12FN3O2/c1-2-16-6-5-14-12(16)15-10-4-3-8(11(17)18)7-9(10)13/h3-7H,2H2,1H3,(H,14,15)(H,17,18). The molecular formula is C12H12FN3O2. The Bertz CT molecular complexity index is 580. The summed E-state index contributed by atoms with van der Waals surface area (Å²) < 4.78 is 15.5. The van der Waals surface area contributed by atoms with E-state index in [1.54, 1.807) is 12.4 Å². The first-order valence-corrected chi connectivity index (χ1v) is 5.43. The van der Waals surface area contributed by atoms with Crippen molar-refractivity contribution in [2.24, 2.45) is 0 Å². The van der Waals surface area contributed by atoms with Crippen molar-refractivity contribution in [3.05, 3.63) is 42.0 Å². The molecule has 2 N–H and O–H groups in total. The van der Waals surface area contributed by atoms with E-state index >= 15 is 0 Å². The lowest BCUT2D eigenvalue weighted by Gasteiger charge is -2.09. The molecule has 1 heterocycles. The van der Waals surface area contributed by atoms with Gasteiger partial charge in [0.05, 0.1) is 11.3 Å². The first-order valence-electron chi connectivity index (χ1n) is 5.43. The highest BCUT2D eigenvalue weighted by Crippen LogP contribution is 2.20. The molecule has 6 heteroatoms. The van der Waals surface area contributed by atoms with Gasteiger partial charge in [-0.05, 0) is 25.1 Å². The Morgan fingerprint density at radius 1 is 1.56 bits per heavy atom. The number of aryl methyl sites for hydroxylation is 1. The molecule has 18 heavy (non-hydrogen) atoms. The second-order valence-electron chi connectivity index (χ2n) is 3.66. The van der Waals surface area contributed by atoms with Crippen molar-refractivity contribution in [2.75, 3.05) is 5.32 Å². The van der Waals surface area contributed by atoms with Gasteiger partial charge in [-0.15, -0.1) is 0 Å². The zero-order valence-corrected chi connectivity index (χ0v) is 9.72. The van der Waals surface area contributed by atoms with Gasteiger partial charge in [-0.1, -0.05) is 0 Å². The minimum atomic E-state index is -1.16. The monoisotopic (exact) mass is 249 g/mol. The van der Waals surface area contributed by atoms with Crippen LogP contribution in [0.3, 0.4) is 0 Å². The zero-order valence-electron chi connectivity index (χ0n) is 9.72. The van der Waals surface area contributed by atoms with Gasteiger partial charge in [0, 0.05) is 18.9 Å². The lowest BCUT2D eigenvalue weighted by atomic mass is 10.2. The lowest BCUT2D eigenvalue weighted by molar-refractivity contribution is 0.0696. The van der Waals surface area contributed by atoms with Gasteiger partial charge in [0.1, 0.15) is 5.82 Å². The fourth-order valence-corrected chi connectivity index (χ4v) is 1.56. The Hall–Kier alpha value is -2.37. The van der Waals surface area contributed by atoms with Crippen LogP contribution in [0.25, 0.3) is 0 Å². The number of hydrogen-bond donors (Lipinski definition) is 2. The van der Waals surface area contributed by atoms with Gasteiger partial charge < -0.3 is 15.0 Å². The average Bonchev–Trinajstić information content (AvgIpc) is 2.78. The minimum Gasteiger partial charge on any atom is -0.478 e. The predicted molar refractivity (Wildman–Crippen MR) is 64.5 cm³/mol. The van der Waals surface area contributed by atoms with Gasteiger partial charge in [0.15, 0.2) is 0 Å². The molecule has 1 aromatic carbocycles. The number of nitrogens with zero attached hydrogens (tertiary/aromatic N) is 2. The SMILES string of the molecule is CCn1ccnc1Nc1ccc(C(=O)O)cc1F. The van der Waals surface area contributed by atoms with Crippen LogP contribution in [0.15, 0.2) is 30.6 Å². The van der Waals surface area contributed by atoms with Crippen LogP contribution in [-0.2, 0) is 6.54 Å². The van der Waals surface area contributed by atoms with Crippen molar-refractivity contribution in [3.63, 3.8) is 0 Å². The average molecular weight is 249 g/mol. The van der Waals surface area contributed by atoms with Crippen molar-refractivity contribution in [2.45, 2.75) is 13.5 Å². The summed E-state index contributed by atoms with van der Waals surface area (Å²) in [5.41, 5.74) is 0.109. The van der Waals surface area contributed by atoms with E-state index in [1.807, 2.05) is 11.5 Å². The molecule has 0 aliphatic carbocycles. The molecule has 0 atom stereocenters. The highest BCUT2D eigenvalue weighted by molar-refractivity contribution is 5.88. The molecule has 0 bridgehead atoms. The predicted octanol–water partition coefficient (Wildman–Crippen LogP) is 2.48. The Morgan fingerprint density at radius 2 is 2.33 bits per heavy atom. The molecule has 2 rings (SSSR count). The van der Waals surface area contributed by atoms with Gasteiger partial charge in [0.25, 0.3) is 0 Å². The number of anilines is 2. The first kappa shape index (κ1) is 12.1. The molecule has 94 valence electrons. The summed E-state index contributed by atoms with van der Waals surface area (Å²) in [7, 11) is 0. The Kier molecular flexibility index (Phi) is 3.27. The van der Waals surface area contributed by atoms with Gasteiger partial charge in [-0.3, -0.25) is 0 Å². The summed E-state index contributed by atoms with van der Waals surface area (Å²) in [6, 6.07) is 3.70. The summed E-state index contributed by atoms with van der Waals surface area (Å²) >= 11 is 0. The molecule has 0 radical (unpaired) electrons. The Balaban J connectivity index is 2.27. The summed E-state index contributed by atoms with van der Waals surface area (Å²) in [5.74, 6) is -1.27. The molecule has 0 amide bonds. The van der Waals surface area contributed by atoms with Crippen LogP contribution in [0.2, 0.25) is 0 Å². The van der Waals surface area contributed by atoms with Crippen molar-refractivity contribution in [1.29, 1.82) is 0 Å². The van der Waals surface area contributed by atoms with E-state index in [0.29, 0.717) is 12.5 Å². The third-order valence-corrected chi connectivity index (χ3v) is 2.52. The zero-order chi connectivity index (χ0) is 13.1. The minimum absolute atomic E-state index is 0.0862. The highest BCUT2D eigenvalue weighted by Gasteiger charge is 2.10. The van der Waals surface area contributed by atoms with Crippen molar-refractivity contribution >= 4 is 17.6 Å². The second-order valence-corrected chi connectivity index (χ2v) is 3.66. The third-order valence-electron chi connectivity index (χ3n) is 2.52. The summed E-state index contributed by atoms with van der Waals surface area (Å²) in [4.78, 5) is 14.7. The number of aromatic nitrogens is 2. The van der Waals surface area contributed by atoms with E-state index < -0.39 is 11.8 Å². The third kappa shape index (κ3) is 2.32. The van der Waals surface area contributed by atoms with E-state index in [0.717, 1.165) is 6.07 Å². The highest BCUT2D eigenvalue weighted by atomic mass is 19.1. The molecule has 0 aliphatic rings. The van der Waals surface area contributed by atoms with Crippen LogP contribution in [0.4, 0.5) is 16.0 Å². The van der Waals surface area contributed by atoms with E-state index in [4.69, 9.17) is 5.11 Å². The van der Waals surface area contributed by atoms with Gasteiger partial charge in [-0.25, -0.2) is 14.2 Å². The number of imidazole rings is 1. The maximum Gasteiger partial charge on any atom is 0.335 e. The van der Waals surface area contributed by atoms with E-state index in [9.17, 15) is 9.18 Å². The maximum atomic E-state index is 13.7. The number of halogens is 1. The number of hydrogen-bond acceptors (Lipinski definition) is 3. The summed E-state index contributed by atoms with van der Waals surface area (Å²) in [5, 5.41) is 11.6. The molecule has 0 spiro atoms. The van der Waals surface area contributed by atoms with Crippen LogP contribution in [0, 0.1) is 5.82 Å². The molecule has 0 unspecified atom stereocenters. The van der Waals surface area contributed by atoms with Gasteiger partial charge >= 0.3 is 5.97 Å². The number of carbonyl (C=O) groups is 1. The van der Waals surface area contributed by atoms with E-state index in [1.165, 1.54) is 12.1 Å². The van der Waals surface area contributed by atoms with Crippen molar-refractivity contribution in [1.82, 2.24) is 9.55 Å². The molecule has 5 nitrogen and oxygen atoms in total. The molecule has 2 aromatic rings. The van der Waals surface area contributed by atoms with Crippen molar-refractivity contribution < 1.29 is 14.3 Å². The quantitative estimate of drug-likeness (QED) is 0.873. The van der Waals surface area contributed by atoms with E-state index in [2.05, 4.69) is 10.3 Å². The first-order chi connectivity index (χ1) is 8.61. The van der Waals surface area contributed by atoms with Crippen molar-refractivity contribution in [3.8, 4) is 0 Å². The molecular weight excluding hydrogens is 237 g/mol. The van der Waals surface area contributed by atoms with Gasteiger partial charge in [0.2, 0.25) is 5.95 Å². The van der Waals surface area contributed by atoms with Crippen LogP contribution < -0.4 is 5.32 Å². The number of nitrogens with one attached hydrogen (secondary N) is 1. The topological polar surface area (TPSA) is 67.2 Å². The fraction of sp³-hybridized carbons (Fsp3) is 0.167. The number of rotatable bonds is 4.